The van der Waals surface area contributed by atoms with E-state index in [1.165, 1.54) is 0 Å². The number of nitrogens with one attached hydrogen (secondary N) is 4. The van der Waals surface area contributed by atoms with Crippen LogP contribution in [-0.2, 0) is 38.4 Å². The Morgan fingerprint density at radius 3 is 1.68 bits per heavy atom. The molecule has 6 amide bonds. The number of carbonyl (C=O) groups excluding carboxylic acids is 6. The summed E-state index contributed by atoms with van der Waals surface area (Å²) in [6.07, 6.45) is -2.08. The molecule has 0 fully saturated rings. The summed E-state index contributed by atoms with van der Waals surface area (Å²) in [5.74, 6) is -9.19. The molecule has 0 unspecified atom stereocenters. The minimum Gasteiger partial charge on any atom is -0.481 e. The summed E-state index contributed by atoms with van der Waals surface area (Å²) in [4.78, 5) is 93.4. The highest BCUT2D eigenvalue weighted by molar-refractivity contribution is 5.97. The van der Waals surface area contributed by atoms with E-state index < -0.39 is 97.0 Å². The number of aliphatic carboxylic acids is 2. The Balaban J connectivity index is 5.30. The molecule has 0 heterocycles. The zero-order chi connectivity index (χ0) is 28.9. The molecule has 0 aliphatic rings. The maximum atomic E-state index is 12.6. The van der Waals surface area contributed by atoms with Gasteiger partial charge in [0.25, 0.3) is 0 Å². The van der Waals surface area contributed by atoms with Crippen molar-refractivity contribution in [1.29, 1.82) is 0 Å². The molecule has 208 valence electrons. The van der Waals surface area contributed by atoms with E-state index in [1.807, 2.05) is 5.32 Å². The number of carboxylic acids is 2. The van der Waals surface area contributed by atoms with Gasteiger partial charge in [-0.25, -0.2) is 4.79 Å². The molecule has 18 heteroatoms. The van der Waals surface area contributed by atoms with Gasteiger partial charge in [0.2, 0.25) is 35.4 Å². The van der Waals surface area contributed by atoms with Crippen LogP contribution in [0.5, 0.6) is 0 Å². The summed E-state index contributed by atoms with van der Waals surface area (Å²) in [5.41, 5.74) is 15.6. The fourth-order valence-electron chi connectivity index (χ4n) is 2.64. The molecule has 0 saturated carbocycles. The maximum absolute atomic E-state index is 12.6. The van der Waals surface area contributed by atoms with E-state index in [0.29, 0.717) is 0 Å². The molecule has 0 aromatic rings. The third-order valence-corrected chi connectivity index (χ3v) is 4.64. The van der Waals surface area contributed by atoms with Gasteiger partial charge in [0.15, 0.2) is 0 Å². The standard InChI is InChI=1S/C19H31N7O11/c1-7(15(32)25-10(19(36)37)5-14(30)31)23-17(34)9(4-13(22)29)24-18(35)11(6-27)26-16(33)8(20)2-3-12(21)28/h7-11,27H,2-6,20H2,1H3,(H2,21,28)(H2,22,29)(H,23,34)(H,24,35)(H,25,32)(H,26,33)(H,30,31)(H,36,37)/t7-,8-,9-,10-,11-/m0/s1. The van der Waals surface area contributed by atoms with Crippen molar-refractivity contribution in [1.82, 2.24) is 21.3 Å². The normalized spacial score (nSPS) is 14.6. The quantitative estimate of drug-likeness (QED) is 0.0835. The molecule has 0 aromatic heterocycles. The highest BCUT2D eigenvalue weighted by Crippen LogP contribution is 2.00. The zero-order valence-corrected chi connectivity index (χ0v) is 19.8. The van der Waals surface area contributed by atoms with Crippen LogP contribution >= 0.6 is 0 Å². The van der Waals surface area contributed by atoms with Gasteiger partial charge in [-0.05, 0) is 13.3 Å². The average molecular weight is 533 g/mol. The number of rotatable bonds is 17. The number of primary amides is 2. The van der Waals surface area contributed by atoms with Crippen LogP contribution in [0.4, 0.5) is 0 Å². The number of nitrogens with two attached hydrogens (primary N) is 3. The number of carbonyl (C=O) groups is 8. The van der Waals surface area contributed by atoms with Crippen LogP contribution in [0.2, 0.25) is 0 Å². The fraction of sp³-hybridized carbons (Fsp3) is 0.579. The molecule has 0 rings (SSSR count). The van der Waals surface area contributed by atoms with Crippen LogP contribution < -0.4 is 38.5 Å². The van der Waals surface area contributed by atoms with Gasteiger partial charge < -0.3 is 53.8 Å². The smallest absolute Gasteiger partial charge is 0.326 e. The van der Waals surface area contributed by atoms with Crippen LogP contribution in [-0.4, -0.2) is 99.5 Å². The summed E-state index contributed by atoms with van der Waals surface area (Å²) in [6.45, 7) is 0.157. The molecule has 0 aliphatic heterocycles. The number of hydrogen-bond donors (Lipinski definition) is 10. The third-order valence-electron chi connectivity index (χ3n) is 4.64. The van der Waals surface area contributed by atoms with Gasteiger partial charge in [-0.15, -0.1) is 0 Å². The summed E-state index contributed by atoms with van der Waals surface area (Å²) in [6, 6.07) is -7.83. The molecule has 37 heavy (non-hydrogen) atoms. The summed E-state index contributed by atoms with van der Waals surface area (Å²) < 4.78 is 0. The van der Waals surface area contributed by atoms with E-state index in [-0.39, 0.29) is 12.8 Å². The Hall–Kier alpha value is -4.32. The highest BCUT2D eigenvalue weighted by Gasteiger charge is 2.31. The lowest BCUT2D eigenvalue weighted by molar-refractivity contribution is -0.147. The van der Waals surface area contributed by atoms with Gasteiger partial charge in [-0.1, -0.05) is 0 Å². The van der Waals surface area contributed by atoms with Crippen molar-refractivity contribution in [2.45, 2.75) is 62.8 Å². The van der Waals surface area contributed by atoms with Crippen molar-refractivity contribution in [2.24, 2.45) is 17.2 Å². The Labute approximate surface area is 209 Å². The van der Waals surface area contributed by atoms with Crippen LogP contribution in [0.15, 0.2) is 0 Å². The molecule has 0 spiro atoms. The van der Waals surface area contributed by atoms with Crippen molar-refractivity contribution in [2.75, 3.05) is 6.61 Å². The van der Waals surface area contributed by atoms with Gasteiger partial charge in [0.05, 0.1) is 25.5 Å². The Morgan fingerprint density at radius 2 is 1.22 bits per heavy atom. The average Bonchev–Trinajstić information content (AvgIpc) is 2.78. The van der Waals surface area contributed by atoms with Crippen molar-refractivity contribution in [3.8, 4) is 0 Å². The minimum atomic E-state index is -1.80. The monoisotopic (exact) mass is 533 g/mol. The molecule has 18 nitrogen and oxygen atoms in total. The van der Waals surface area contributed by atoms with Crippen molar-refractivity contribution >= 4 is 47.4 Å². The lowest BCUT2D eigenvalue weighted by Crippen LogP contribution is -2.59. The Kier molecular flexibility index (Phi) is 13.8. The van der Waals surface area contributed by atoms with Crippen LogP contribution in [0.3, 0.4) is 0 Å². The topological polar surface area (TPSA) is 323 Å². The second kappa shape index (κ2) is 15.6. The second-order valence-corrected chi connectivity index (χ2v) is 7.81. The van der Waals surface area contributed by atoms with Gasteiger partial charge >= 0.3 is 11.9 Å². The molecule has 0 radical (unpaired) electrons. The molecule has 13 N–H and O–H groups in total. The van der Waals surface area contributed by atoms with Crippen molar-refractivity contribution < 1.29 is 53.7 Å². The lowest BCUT2D eigenvalue weighted by atomic mass is 10.1. The molecule has 0 saturated heterocycles. The van der Waals surface area contributed by atoms with Crippen LogP contribution in [0, 0.1) is 0 Å². The number of aliphatic hydroxyl groups is 1. The van der Waals surface area contributed by atoms with Gasteiger partial charge in [0.1, 0.15) is 24.2 Å². The van der Waals surface area contributed by atoms with Crippen molar-refractivity contribution in [3.05, 3.63) is 0 Å². The zero-order valence-electron chi connectivity index (χ0n) is 19.8. The second-order valence-electron chi connectivity index (χ2n) is 7.81. The molecular formula is C19H31N7O11. The molecule has 0 aromatic carbocycles. The van der Waals surface area contributed by atoms with Crippen LogP contribution in [0.25, 0.3) is 0 Å². The Morgan fingerprint density at radius 1 is 0.703 bits per heavy atom. The first-order valence-corrected chi connectivity index (χ1v) is 10.7. The van der Waals surface area contributed by atoms with E-state index in [0.717, 1.165) is 6.92 Å². The molecule has 0 bridgehead atoms. The first-order chi connectivity index (χ1) is 17.1. The van der Waals surface area contributed by atoms with Crippen molar-refractivity contribution in [3.63, 3.8) is 0 Å². The summed E-state index contributed by atoms with van der Waals surface area (Å²) in [7, 11) is 0. The van der Waals surface area contributed by atoms with Gasteiger partial charge in [-0.3, -0.25) is 33.6 Å². The summed E-state index contributed by atoms with van der Waals surface area (Å²) in [5, 5.41) is 35.4. The Bertz CT molecular complexity index is 911. The first kappa shape index (κ1) is 32.7. The van der Waals surface area contributed by atoms with E-state index in [9.17, 15) is 43.5 Å². The summed E-state index contributed by atoms with van der Waals surface area (Å²) >= 11 is 0. The van der Waals surface area contributed by atoms with Gasteiger partial charge in [0, 0.05) is 6.42 Å². The molecule has 0 aliphatic carbocycles. The van der Waals surface area contributed by atoms with Gasteiger partial charge in [-0.2, -0.15) is 0 Å². The number of aliphatic hydroxyl groups excluding tert-OH is 1. The maximum Gasteiger partial charge on any atom is 0.326 e. The lowest BCUT2D eigenvalue weighted by Gasteiger charge is -2.24. The fourth-order valence-corrected chi connectivity index (χ4v) is 2.64. The minimum absolute atomic E-state index is 0.150. The van der Waals surface area contributed by atoms with E-state index in [1.54, 1.807) is 0 Å². The van der Waals surface area contributed by atoms with E-state index in [2.05, 4.69) is 16.0 Å². The SMILES string of the molecule is C[C@H](NC(=O)[C@H](CC(N)=O)NC(=O)[C@H](CO)NC(=O)[C@@H](N)CCC(N)=O)C(=O)N[C@@H](CC(=O)O)C(=O)O. The number of hydrogen-bond acceptors (Lipinski definition) is 10. The third kappa shape index (κ3) is 12.8. The number of carboxylic acid groups (broad SMARTS) is 2. The first-order valence-electron chi connectivity index (χ1n) is 10.7. The van der Waals surface area contributed by atoms with E-state index >= 15 is 0 Å². The van der Waals surface area contributed by atoms with E-state index in [4.69, 9.17) is 27.4 Å². The molecule has 5 atom stereocenters. The predicted octanol–water partition coefficient (Wildman–Crippen LogP) is -6.03. The van der Waals surface area contributed by atoms with Crippen LogP contribution in [0.1, 0.15) is 32.6 Å². The number of amides is 6. The molecular weight excluding hydrogens is 502 g/mol. The largest absolute Gasteiger partial charge is 0.481 e. The highest BCUT2D eigenvalue weighted by atomic mass is 16.4. The predicted molar refractivity (Wildman–Crippen MR) is 121 cm³/mol.